The lowest BCUT2D eigenvalue weighted by atomic mass is 10.1. The summed E-state index contributed by atoms with van der Waals surface area (Å²) in [7, 11) is 1.53. The standard InChI is InChI=1S/C16H14F2N2O2/c1-22-12-4-2-11(3-5-12)15(21)9-20-16-13(17)6-10(8-19)7-14(16)18/h2-7,15,20-21H,9H2,1H3. The minimum atomic E-state index is -0.944. The highest BCUT2D eigenvalue weighted by Gasteiger charge is 2.14. The zero-order valence-electron chi connectivity index (χ0n) is 11.8. The Morgan fingerprint density at radius 2 is 1.82 bits per heavy atom. The fourth-order valence-corrected chi connectivity index (χ4v) is 1.95. The van der Waals surface area contributed by atoms with Crippen LogP contribution in [0.3, 0.4) is 0 Å². The minimum absolute atomic E-state index is 0.0773. The number of aliphatic hydroxyl groups excluding tert-OH is 1. The minimum Gasteiger partial charge on any atom is -0.497 e. The van der Waals surface area contributed by atoms with Crippen molar-refractivity contribution in [3.05, 3.63) is 59.2 Å². The van der Waals surface area contributed by atoms with Crippen molar-refractivity contribution in [1.29, 1.82) is 5.26 Å². The van der Waals surface area contributed by atoms with Gasteiger partial charge in [-0.3, -0.25) is 0 Å². The Morgan fingerprint density at radius 1 is 1.23 bits per heavy atom. The first-order valence-electron chi connectivity index (χ1n) is 6.50. The Balaban J connectivity index is 2.07. The molecule has 4 nitrogen and oxygen atoms in total. The van der Waals surface area contributed by atoms with Gasteiger partial charge in [0.2, 0.25) is 0 Å². The van der Waals surface area contributed by atoms with Gasteiger partial charge in [-0.1, -0.05) is 12.1 Å². The molecule has 0 saturated heterocycles. The second-order valence-electron chi connectivity index (χ2n) is 4.60. The van der Waals surface area contributed by atoms with Gasteiger partial charge in [0, 0.05) is 6.54 Å². The summed E-state index contributed by atoms with van der Waals surface area (Å²) in [6, 6.07) is 10.2. The second kappa shape index (κ2) is 6.87. The molecule has 6 heteroatoms. The largest absolute Gasteiger partial charge is 0.497 e. The molecule has 0 aliphatic carbocycles. The Bertz CT molecular complexity index is 673. The number of hydrogen-bond acceptors (Lipinski definition) is 4. The van der Waals surface area contributed by atoms with Crippen LogP contribution in [0.25, 0.3) is 0 Å². The maximum atomic E-state index is 13.7. The van der Waals surface area contributed by atoms with Crippen LogP contribution < -0.4 is 10.1 Å². The number of benzene rings is 2. The summed E-state index contributed by atoms with van der Waals surface area (Å²) in [6.07, 6.45) is -0.944. The van der Waals surface area contributed by atoms with Gasteiger partial charge < -0.3 is 15.2 Å². The smallest absolute Gasteiger partial charge is 0.150 e. The first-order chi connectivity index (χ1) is 10.5. The van der Waals surface area contributed by atoms with E-state index in [4.69, 9.17) is 10.00 Å². The molecule has 0 amide bonds. The predicted molar refractivity (Wildman–Crippen MR) is 77.5 cm³/mol. The average Bonchev–Trinajstić information content (AvgIpc) is 2.53. The van der Waals surface area contributed by atoms with E-state index in [1.54, 1.807) is 30.3 Å². The summed E-state index contributed by atoms with van der Waals surface area (Å²) in [5.74, 6) is -1.11. The molecule has 0 aliphatic rings. The van der Waals surface area contributed by atoms with Crippen LogP contribution in [0.1, 0.15) is 17.2 Å². The van der Waals surface area contributed by atoms with Crippen LogP contribution in [0.2, 0.25) is 0 Å². The Kier molecular flexibility index (Phi) is 4.92. The van der Waals surface area contributed by atoms with E-state index < -0.39 is 17.7 Å². The summed E-state index contributed by atoms with van der Waals surface area (Å²) >= 11 is 0. The molecule has 0 heterocycles. The van der Waals surface area contributed by atoms with Crippen molar-refractivity contribution in [2.45, 2.75) is 6.10 Å². The lowest BCUT2D eigenvalue weighted by Crippen LogP contribution is -2.14. The van der Waals surface area contributed by atoms with E-state index in [2.05, 4.69) is 5.32 Å². The van der Waals surface area contributed by atoms with Crippen molar-refractivity contribution >= 4 is 5.69 Å². The number of halogens is 2. The molecule has 2 N–H and O–H groups in total. The van der Waals surface area contributed by atoms with E-state index in [0.717, 1.165) is 12.1 Å². The molecule has 0 aliphatic heterocycles. The highest BCUT2D eigenvalue weighted by Crippen LogP contribution is 2.23. The molecule has 0 fully saturated rings. The van der Waals surface area contributed by atoms with E-state index >= 15 is 0 Å². The Hall–Kier alpha value is -2.65. The van der Waals surface area contributed by atoms with Gasteiger partial charge in [-0.05, 0) is 29.8 Å². The molecule has 0 aromatic heterocycles. The summed E-state index contributed by atoms with van der Waals surface area (Å²) in [5.41, 5.74) is 0.116. The number of ether oxygens (including phenoxy) is 1. The number of rotatable bonds is 5. The zero-order valence-corrected chi connectivity index (χ0v) is 11.8. The number of hydrogen-bond donors (Lipinski definition) is 2. The van der Waals surface area contributed by atoms with Crippen LogP contribution in [0.5, 0.6) is 5.75 Å². The maximum Gasteiger partial charge on any atom is 0.150 e. The topological polar surface area (TPSA) is 65.3 Å². The molecule has 1 atom stereocenters. The first kappa shape index (κ1) is 15.7. The van der Waals surface area contributed by atoms with Gasteiger partial charge >= 0.3 is 0 Å². The van der Waals surface area contributed by atoms with Gasteiger partial charge in [-0.15, -0.1) is 0 Å². The molecule has 2 aromatic rings. The predicted octanol–water partition coefficient (Wildman–Crippen LogP) is 2.99. The highest BCUT2D eigenvalue weighted by molar-refractivity contribution is 5.50. The SMILES string of the molecule is COc1ccc(C(O)CNc2c(F)cc(C#N)cc2F)cc1. The fourth-order valence-electron chi connectivity index (χ4n) is 1.95. The maximum absolute atomic E-state index is 13.7. The first-order valence-corrected chi connectivity index (χ1v) is 6.50. The molecule has 0 saturated carbocycles. The van der Waals surface area contributed by atoms with E-state index in [-0.39, 0.29) is 17.8 Å². The normalized spacial score (nSPS) is 11.6. The summed E-state index contributed by atoms with van der Waals surface area (Å²) < 4.78 is 32.4. The molecule has 2 rings (SSSR count). The lowest BCUT2D eigenvalue weighted by Gasteiger charge is -2.14. The molecule has 0 bridgehead atoms. The Labute approximate surface area is 126 Å². The summed E-state index contributed by atoms with van der Waals surface area (Å²) in [6.45, 7) is -0.0773. The highest BCUT2D eigenvalue weighted by atomic mass is 19.1. The summed E-state index contributed by atoms with van der Waals surface area (Å²) in [5, 5.41) is 21.2. The van der Waals surface area contributed by atoms with Crippen LogP contribution in [-0.2, 0) is 0 Å². The summed E-state index contributed by atoms with van der Waals surface area (Å²) in [4.78, 5) is 0. The van der Waals surface area contributed by atoms with Gasteiger partial charge in [-0.2, -0.15) is 5.26 Å². The number of anilines is 1. The van der Waals surface area contributed by atoms with Crippen LogP contribution in [0, 0.1) is 23.0 Å². The van der Waals surface area contributed by atoms with E-state index in [9.17, 15) is 13.9 Å². The molecule has 114 valence electrons. The van der Waals surface area contributed by atoms with Crippen LogP contribution in [-0.4, -0.2) is 18.8 Å². The second-order valence-corrected chi connectivity index (χ2v) is 4.60. The van der Waals surface area contributed by atoms with Crippen molar-refractivity contribution in [2.75, 3.05) is 19.0 Å². The third-order valence-electron chi connectivity index (χ3n) is 3.14. The number of nitriles is 1. The third-order valence-corrected chi connectivity index (χ3v) is 3.14. The van der Waals surface area contributed by atoms with Gasteiger partial charge in [0.15, 0.2) is 11.6 Å². The van der Waals surface area contributed by atoms with E-state index in [0.29, 0.717) is 11.3 Å². The van der Waals surface area contributed by atoms with Gasteiger partial charge in [0.05, 0.1) is 24.8 Å². The lowest BCUT2D eigenvalue weighted by molar-refractivity contribution is 0.191. The monoisotopic (exact) mass is 304 g/mol. The van der Waals surface area contributed by atoms with Crippen molar-refractivity contribution in [1.82, 2.24) is 0 Å². The third kappa shape index (κ3) is 3.51. The molecular weight excluding hydrogens is 290 g/mol. The fraction of sp³-hybridized carbons (Fsp3) is 0.188. The molecule has 22 heavy (non-hydrogen) atoms. The van der Waals surface area contributed by atoms with Gasteiger partial charge in [0.25, 0.3) is 0 Å². The van der Waals surface area contributed by atoms with Crippen molar-refractivity contribution in [3.63, 3.8) is 0 Å². The van der Waals surface area contributed by atoms with Gasteiger partial charge in [0.1, 0.15) is 11.4 Å². The number of aliphatic hydroxyl groups is 1. The van der Waals surface area contributed by atoms with Crippen molar-refractivity contribution in [3.8, 4) is 11.8 Å². The average molecular weight is 304 g/mol. The van der Waals surface area contributed by atoms with Crippen molar-refractivity contribution < 1.29 is 18.6 Å². The quantitative estimate of drug-likeness (QED) is 0.891. The number of nitrogens with zero attached hydrogens (tertiary/aromatic N) is 1. The van der Waals surface area contributed by atoms with E-state index in [1.807, 2.05) is 0 Å². The van der Waals surface area contributed by atoms with Crippen molar-refractivity contribution in [2.24, 2.45) is 0 Å². The number of methoxy groups -OCH3 is 1. The van der Waals surface area contributed by atoms with Gasteiger partial charge in [-0.25, -0.2) is 8.78 Å². The zero-order chi connectivity index (χ0) is 16.1. The Morgan fingerprint density at radius 3 is 2.32 bits per heavy atom. The molecule has 0 spiro atoms. The molecule has 0 radical (unpaired) electrons. The molecule has 2 aromatic carbocycles. The molecule has 1 unspecified atom stereocenters. The van der Waals surface area contributed by atoms with Crippen LogP contribution in [0.15, 0.2) is 36.4 Å². The number of nitrogens with one attached hydrogen (secondary N) is 1. The molecular formula is C16H14F2N2O2. The van der Waals surface area contributed by atoms with E-state index in [1.165, 1.54) is 7.11 Å². The van der Waals surface area contributed by atoms with Crippen LogP contribution >= 0.6 is 0 Å². The van der Waals surface area contributed by atoms with Crippen LogP contribution in [0.4, 0.5) is 14.5 Å².